The van der Waals surface area contributed by atoms with Crippen LogP contribution in [-0.4, -0.2) is 51.0 Å². The maximum atomic E-state index is 5.97. The third-order valence-corrected chi connectivity index (χ3v) is 4.15. The van der Waals surface area contributed by atoms with Crippen molar-refractivity contribution in [3.8, 4) is 11.5 Å². The Morgan fingerprint density at radius 3 is 2.90 bits per heavy atom. The van der Waals surface area contributed by atoms with Crippen molar-refractivity contribution in [2.45, 2.75) is 25.7 Å². The molecule has 0 bridgehead atoms. The second-order valence-electron chi connectivity index (χ2n) is 5.69. The topological polar surface area (TPSA) is 30.9 Å². The summed E-state index contributed by atoms with van der Waals surface area (Å²) in [4.78, 5) is 2.47. The quantitative estimate of drug-likeness (QED) is 0.754. The molecule has 3 rings (SSSR count). The second-order valence-corrected chi connectivity index (χ2v) is 5.69. The lowest BCUT2D eigenvalue weighted by Crippen LogP contribution is -2.36. The number of ether oxygens (including phenoxy) is 3. The minimum absolute atomic E-state index is 0.792. The third kappa shape index (κ3) is 4.11. The average Bonchev–Trinajstić information content (AvgIpc) is 2.56. The highest BCUT2D eigenvalue weighted by Gasteiger charge is 2.15. The summed E-state index contributed by atoms with van der Waals surface area (Å²) in [5, 5.41) is 0. The molecule has 0 radical (unpaired) electrons. The van der Waals surface area contributed by atoms with Crippen LogP contribution in [0.3, 0.4) is 0 Å². The molecule has 0 saturated carbocycles. The molecule has 0 amide bonds. The first-order chi connectivity index (χ1) is 10.4. The van der Waals surface area contributed by atoms with Crippen LogP contribution in [0.4, 0.5) is 0 Å². The zero-order valence-electron chi connectivity index (χ0n) is 12.7. The van der Waals surface area contributed by atoms with Gasteiger partial charge in [0.2, 0.25) is 0 Å². The summed E-state index contributed by atoms with van der Waals surface area (Å²) in [6.07, 6.45) is 4.44. The van der Waals surface area contributed by atoms with Crippen molar-refractivity contribution >= 4 is 0 Å². The van der Waals surface area contributed by atoms with Crippen LogP contribution in [0.25, 0.3) is 0 Å². The summed E-state index contributed by atoms with van der Waals surface area (Å²) in [6, 6.07) is 6.13. The largest absolute Gasteiger partial charge is 0.493 e. The van der Waals surface area contributed by atoms with Gasteiger partial charge in [-0.05, 0) is 44.4 Å². The van der Waals surface area contributed by atoms with E-state index in [-0.39, 0.29) is 0 Å². The highest BCUT2D eigenvalue weighted by molar-refractivity contribution is 5.45. The number of hydrogen-bond donors (Lipinski definition) is 0. The van der Waals surface area contributed by atoms with Crippen LogP contribution in [0.2, 0.25) is 0 Å². The van der Waals surface area contributed by atoms with E-state index in [4.69, 9.17) is 14.2 Å². The van der Waals surface area contributed by atoms with Gasteiger partial charge < -0.3 is 14.2 Å². The molecule has 0 unspecified atom stereocenters. The van der Waals surface area contributed by atoms with Crippen molar-refractivity contribution < 1.29 is 14.2 Å². The Morgan fingerprint density at radius 2 is 2.00 bits per heavy atom. The van der Waals surface area contributed by atoms with Gasteiger partial charge in [0.15, 0.2) is 0 Å². The van der Waals surface area contributed by atoms with Crippen molar-refractivity contribution in [1.82, 2.24) is 4.90 Å². The number of hydrogen-bond acceptors (Lipinski definition) is 4. The molecule has 2 aliphatic rings. The van der Waals surface area contributed by atoms with E-state index in [2.05, 4.69) is 11.0 Å². The lowest BCUT2D eigenvalue weighted by atomic mass is 10.1. The molecule has 1 fully saturated rings. The number of nitrogens with zero attached hydrogens (tertiary/aromatic N) is 1. The molecule has 2 aliphatic heterocycles. The molecule has 0 aromatic heterocycles. The van der Waals surface area contributed by atoms with Gasteiger partial charge in [-0.25, -0.2) is 0 Å². The summed E-state index contributed by atoms with van der Waals surface area (Å²) in [5.74, 6) is 2.02. The number of morpholine rings is 1. The molecule has 21 heavy (non-hydrogen) atoms. The Balaban J connectivity index is 1.39. The zero-order valence-corrected chi connectivity index (χ0v) is 12.7. The second kappa shape index (κ2) is 7.66. The smallest absolute Gasteiger partial charge is 0.126 e. The van der Waals surface area contributed by atoms with Gasteiger partial charge in [-0.3, -0.25) is 4.90 Å². The lowest BCUT2D eigenvalue weighted by Gasteiger charge is -2.26. The molecule has 0 N–H and O–H groups in total. The summed E-state index contributed by atoms with van der Waals surface area (Å²) >= 11 is 0. The number of benzene rings is 1. The Labute approximate surface area is 127 Å². The first-order valence-corrected chi connectivity index (χ1v) is 8.11. The first kappa shape index (κ1) is 14.7. The summed E-state index contributed by atoms with van der Waals surface area (Å²) in [5.41, 5.74) is 1.25. The number of rotatable bonds is 6. The zero-order chi connectivity index (χ0) is 14.3. The SMILES string of the molecule is c1cc(OCCCCN2CCOCC2)c2c(c1)OCCC2. The normalized spacial score (nSPS) is 18.9. The Morgan fingerprint density at radius 1 is 1.10 bits per heavy atom. The van der Waals surface area contributed by atoms with Gasteiger partial charge in [-0.15, -0.1) is 0 Å². The van der Waals surface area contributed by atoms with Crippen LogP contribution in [0.1, 0.15) is 24.8 Å². The summed E-state index contributed by atoms with van der Waals surface area (Å²) in [6.45, 7) is 6.69. The molecule has 1 saturated heterocycles. The highest BCUT2D eigenvalue weighted by atomic mass is 16.5. The van der Waals surface area contributed by atoms with E-state index < -0.39 is 0 Å². The van der Waals surface area contributed by atoms with Crippen molar-refractivity contribution in [2.24, 2.45) is 0 Å². The van der Waals surface area contributed by atoms with Gasteiger partial charge in [0.25, 0.3) is 0 Å². The fourth-order valence-corrected chi connectivity index (χ4v) is 2.94. The summed E-state index contributed by atoms with van der Waals surface area (Å²) in [7, 11) is 0. The van der Waals surface area contributed by atoms with Gasteiger partial charge in [0.1, 0.15) is 11.5 Å². The molecule has 4 heteroatoms. The number of fused-ring (bicyclic) bond motifs is 1. The van der Waals surface area contributed by atoms with E-state index in [1.165, 1.54) is 12.0 Å². The third-order valence-electron chi connectivity index (χ3n) is 4.15. The van der Waals surface area contributed by atoms with Crippen LogP contribution in [0.15, 0.2) is 18.2 Å². The van der Waals surface area contributed by atoms with Gasteiger partial charge >= 0.3 is 0 Å². The Kier molecular flexibility index (Phi) is 5.35. The molecule has 2 heterocycles. The van der Waals surface area contributed by atoms with Crippen LogP contribution >= 0.6 is 0 Å². The van der Waals surface area contributed by atoms with E-state index in [1.54, 1.807) is 0 Å². The highest BCUT2D eigenvalue weighted by Crippen LogP contribution is 2.32. The van der Waals surface area contributed by atoms with E-state index in [9.17, 15) is 0 Å². The standard InChI is InChI=1S/C17H25NO3/c1(8-18-9-13-19-14-10-18)2-11-20-16-6-3-7-17-15(16)5-4-12-21-17/h3,6-7H,1-2,4-5,8-14H2. The van der Waals surface area contributed by atoms with Crippen molar-refractivity contribution in [2.75, 3.05) is 46.1 Å². The predicted octanol–water partition coefficient (Wildman–Crippen LogP) is 2.50. The molecule has 1 aromatic rings. The Bertz CT molecular complexity index is 444. The van der Waals surface area contributed by atoms with Crippen molar-refractivity contribution in [3.63, 3.8) is 0 Å². The molecule has 116 valence electrons. The minimum atomic E-state index is 0.792. The van der Waals surface area contributed by atoms with Gasteiger partial charge in [0.05, 0.1) is 26.4 Å². The van der Waals surface area contributed by atoms with Crippen LogP contribution in [0, 0.1) is 0 Å². The van der Waals surface area contributed by atoms with E-state index >= 15 is 0 Å². The first-order valence-electron chi connectivity index (χ1n) is 8.11. The fourth-order valence-electron chi connectivity index (χ4n) is 2.94. The maximum Gasteiger partial charge on any atom is 0.126 e. The summed E-state index contributed by atoms with van der Waals surface area (Å²) < 4.78 is 17.0. The molecule has 1 aromatic carbocycles. The van der Waals surface area contributed by atoms with E-state index in [0.717, 1.165) is 76.8 Å². The van der Waals surface area contributed by atoms with Gasteiger partial charge in [-0.2, -0.15) is 0 Å². The lowest BCUT2D eigenvalue weighted by molar-refractivity contribution is 0.0368. The van der Waals surface area contributed by atoms with Crippen LogP contribution in [0.5, 0.6) is 11.5 Å². The monoisotopic (exact) mass is 291 g/mol. The average molecular weight is 291 g/mol. The molecule has 0 atom stereocenters. The number of unbranched alkanes of at least 4 members (excludes halogenated alkanes) is 1. The van der Waals surface area contributed by atoms with E-state index in [1.807, 2.05) is 12.1 Å². The van der Waals surface area contributed by atoms with Crippen LogP contribution < -0.4 is 9.47 Å². The van der Waals surface area contributed by atoms with Gasteiger partial charge in [0, 0.05) is 18.7 Å². The molecule has 0 aliphatic carbocycles. The molecule has 4 nitrogen and oxygen atoms in total. The molecular weight excluding hydrogens is 266 g/mol. The maximum absolute atomic E-state index is 5.97. The Hall–Kier alpha value is -1.26. The van der Waals surface area contributed by atoms with Gasteiger partial charge in [-0.1, -0.05) is 6.07 Å². The molecule has 0 spiro atoms. The van der Waals surface area contributed by atoms with Crippen molar-refractivity contribution in [1.29, 1.82) is 0 Å². The predicted molar refractivity (Wildman–Crippen MR) is 82.2 cm³/mol. The fraction of sp³-hybridized carbons (Fsp3) is 0.647. The van der Waals surface area contributed by atoms with Crippen molar-refractivity contribution in [3.05, 3.63) is 23.8 Å². The van der Waals surface area contributed by atoms with Crippen LogP contribution in [-0.2, 0) is 11.2 Å². The van der Waals surface area contributed by atoms with E-state index in [0.29, 0.717) is 0 Å². The molecular formula is C17H25NO3. The minimum Gasteiger partial charge on any atom is -0.493 e.